The normalized spacial score (nSPS) is 10.9. The number of H-pyrrole nitrogens is 1. The number of hydrogen-bond acceptors (Lipinski definition) is 4. The van der Waals surface area contributed by atoms with Crippen LogP contribution >= 0.6 is 0 Å². The molecule has 3 N–H and O–H groups in total. The van der Waals surface area contributed by atoms with E-state index in [-0.39, 0.29) is 17.2 Å². The molecule has 1 heterocycles. The van der Waals surface area contributed by atoms with E-state index in [4.69, 9.17) is 0 Å². The van der Waals surface area contributed by atoms with Gasteiger partial charge in [0.1, 0.15) is 5.69 Å². The van der Waals surface area contributed by atoms with Crippen molar-refractivity contribution in [3.63, 3.8) is 0 Å². The minimum atomic E-state index is -0.454. The van der Waals surface area contributed by atoms with Crippen LogP contribution in [0.15, 0.2) is 16.9 Å². The van der Waals surface area contributed by atoms with Crippen molar-refractivity contribution in [2.75, 3.05) is 13.1 Å². The molecule has 0 aliphatic carbocycles. The first-order valence-corrected chi connectivity index (χ1v) is 5.93. The summed E-state index contributed by atoms with van der Waals surface area (Å²) in [6.07, 6.45) is 0. The van der Waals surface area contributed by atoms with Crippen molar-refractivity contribution in [3.05, 3.63) is 28.2 Å². The summed E-state index contributed by atoms with van der Waals surface area (Å²) in [5.74, 6) is -0.481. The molecule has 0 saturated heterocycles. The minimum Gasteiger partial charge on any atom is -0.354 e. The molecule has 0 radical (unpaired) electrons. The Hall–Kier alpha value is -2.18. The molecule has 0 bridgehead atoms. The molecule has 0 unspecified atom stereocenters. The summed E-state index contributed by atoms with van der Waals surface area (Å²) in [4.78, 5) is 33.9. The Morgan fingerprint density at radius 1 is 1.21 bits per heavy atom. The van der Waals surface area contributed by atoms with Crippen LogP contribution in [-0.2, 0) is 4.79 Å². The quantitative estimate of drug-likeness (QED) is 0.649. The van der Waals surface area contributed by atoms with Crippen molar-refractivity contribution in [3.8, 4) is 0 Å². The average molecular weight is 266 g/mol. The van der Waals surface area contributed by atoms with Crippen LogP contribution in [0.5, 0.6) is 0 Å². The third kappa shape index (κ3) is 4.90. The smallest absolute Gasteiger partial charge is 0.271 e. The van der Waals surface area contributed by atoms with E-state index < -0.39 is 11.3 Å². The molecular formula is C12H18N4O3. The Morgan fingerprint density at radius 3 is 2.37 bits per heavy atom. The molecule has 1 aromatic rings. The van der Waals surface area contributed by atoms with Gasteiger partial charge in [-0.05, 0) is 6.07 Å². The highest BCUT2D eigenvalue weighted by Gasteiger charge is 2.20. The number of amides is 2. The zero-order chi connectivity index (χ0) is 14.5. The van der Waals surface area contributed by atoms with Gasteiger partial charge < -0.3 is 10.6 Å². The molecular weight excluding hydrogens is 248 g/mol. The zero-order valence-corrected chi connectivity index (χ0v) is 11.2. The van der Waals surface area contributed by atoms with Crippen LogP contribution in [0.4, 0.5) is 0 Å². The fraction of sp³-hybridized carbons (Fsp3) is 0.500. The van der Waals surface area contributed by atoms with Gasteiger partial charge >= 0.3 is 0 Å². The lowest BCUT2D eigenvalue weighted by molar-refractivity contribution is -0.128. The lowest BCUT2D eigenvalue weighted by atomic mass is 9.96. The highest BCUT2D eigenvalue weighted by Crippen LogP contribution is 2.11. The maximum Gasteiger partial charge on any atom is 0.271 e. The van der Waals surface area contributed by atoms with Crippen LogP contribution in [0.3, 0.4) is 0 Å². The van der Waals surface area contributed by atoms with Gasteiger partial charge in [-0.3, -0.25) is 14.4 Å². The maximum absolute atomic E-state index is 11.6. The van der Waals surface area contributed by atoms with Crippen molar-refractivity contribution in [1.29, 1.82) is 0 Å². The van der Waals surface area contributed by atoms with Crippen molar-refractivity contribution in [2.45, 2.75) is 20.8 Å². The van der Waals surface area contributed by atoms with Gasteiger partial charge in [-0.25, -0.2) is 5.10 Å². The standard InChI is InChI=1S/C12H18N4O3/c1-12(2,3)11(19)14-7-6-13-10(18)8-4-5-9(17)16-15-8/h4-5H,6-7H2,1-3H3,(H,13,18)(H,14,19)(H,16,17). The molecule has 7 nitrogen and oxygen atoms in total. The van der Waals surface area contributed by atoms with Crippen molar-refractivity contribution >= 4 is 11.8 Å². The summed E-state index contributed by atoms with van der Waals surface area (Å²) < 4.78 is 0. The van der Waals surface area contributed by atoms with Crippen LogP contribution in [0, 0.1) is 5.41 Å². The first-order chi connectivity index (χ1) is 8.80. The van der Waals surface area contributed by atoms with E-state index in [2.05, 4.69) is 20.8 Å². The van der Waals surface area contributed by atoms with E-state index in [9.17, 15) is 14.4 Å². The van der Waals surface area contributed by atoms with Gasteiger partial charge in [0.05, 0.1) is 0 Å². The number of rotatable bonds is 4. The van der Waals surface area contributed by atoms with E-state index >= 15 is 0 Å². The van der Waals surface area contributed by atoms with Crippen molar-refractivity contribution in [2.24, 2.45) is 5.41 Å². The van der Waals surface area contributed by atoms with Crippen LogP contribution in [0.25, 0.3) is 0 Å². The molecule has 0 aromatic carbocycles. The highest BCUT2D eigenvalue weighted by atomic mass is 16.2. The molecule has 1 aromatic heterocycles. The SMILES string of the molecule is CC(C)(C)C(=O)NCCNC(=O)c1ccc(=O)[nH]n1. The molecule has 104 valence electrons. The maximum atomic E-state index is 11.6. The summed E-state index contributed by atoms with van der Waals surface area (Å²) in [7, 11) is 0. The number of carbonyl (C=O) groups is 2. The molecule has 1 rings (SSSR count). The lowest BCUT2D eigenvalue weighted by Crippen LogP contribution is -2.40. The monoisotopic (exact) mass is 266 g/mol. The van der Waals surface area contributed by atoms with Crippen LogP contribution in [-0.4, -0.2) is 35.1 Å². The molecule has 0 aliphatic heterocycles. The van der Waals surface area contributed by atoms with Crippen molar-refractivity contribution in [1.82, 2.24) is 20.8 Å². The molecule has 19 heavy (non-hydrogen) atoms. The summed E-state index contributed by atoms with van der Waals surface area (Å²) in [5, 5.41) is 11.1. The third-order valence-corrected chi connectivity index (χ3v) is 2.29. The zero-order valence-electron chi connectivity index (χ0n) is 11.2. The Balaban J connectivity index is 2.34. The predicted octanol–water partition coefficient (Wildman–Crippen LogP) is -0.338. The van der Waals surface area contributed by atoms with Gasteiger partial charge in [-0.2, -0.15) is 5.10 Å². The molecule has 2 amide bonds. The Morgan fingerprint density at radius 2 is 1.84 bits per heavy atom. The van der Waals surface area contributed by atoms with E-state index in [1.54, 1.807) is 0 Å². The Bertz CT molecular complexity index is 496. The van der Waals surface area contributed by atoms with Gasteiger partial charge in [0.25, 0.3) is 11.5 Å². The lowest BCUT2D eigenvalue weighted by Gasteiger charge is -2.17. The molecule has 0 fully saturated rings. The fourth-order valence-electron chi connectivity index (χ4n) is 1.18. The molecule has 0 aliphatic rings. The van der Waals surface area contributed by atoms with E-state index in [1.165, 1.54) is 12.1 Å². The number of hydrogen-bond donors (Lipinski definition) is 3. The largest absolute Gasteiger partial charge is 0.354 e. The van der Waals surface area contributed by atoms with Gasteiger partial charge in [0.15, 0.2) is 0 Å². The molecule has 0 atom stereocenters. The summed E-state index contributed by atoms with van der Waals surface area (Å²) >= 11 is 0. The minimum absolute atomic E-state index is 0.0797. The van der Waals surface area contributed by atoms with Gasteiger partial charge in [-0.15, -0.1) is 0 Å². The summed E-state index contributed by atoms with van der Waals surface area (Å²) in [5.41, 5.74) is -0.694. The number of aromatic amines is 1. The van der Waals surface area contributed by atoms with E-state index in [0.717, 1.165) is 0 Å². The topological polar surface area (TPSA) is 104 Å². The highest BCUT2D eigenvalue weighted by molar-refractivity contribution is 5.92. The van der Waals surface area contributed by atoms with Gasteiger partial charge in [-0.1, -0.05) is 20.8 Å². The molecule has 0 spiro atoms. The van der Waals surface area contributed by atoms with Crippen LogP contribution in [0.2, 0.25) is 0 Å². The van der Waals surface area contributed by atoms with E-state index in [0.29, 0.717) is 13.1 Å². The van der Waals surface area contributed by atoms with Gasteiger partial charge in [0.2, 0.25) is 5.91 Å². The number of nitrogens with one attached hydrogen (secondary N) is 3. The van der Waals surface area contributed by atoms with Gasteiger partial charge in [0, 0.05) is 24.6 Å². The van der Waals surface area contributed by atoms with Crippen LogP contribution < -0.4 is 16.2 Å². The van der Waals surface area contributed by atoms with E-state index in [1.807, 2.05) is 20.8 Å². The second-order valence-corrected chi connectivity index (χ2v) is 5.07. The fourth-order valence-corrected chi connectivity index (χ4v) is 1.18. The average Bonchev–Trinajstić information content (AvgIpc) is 2.33. The second-order valence-electron chi connectivity index (χ2n) is 5.07. The number of aromatic nitrogens is 2. The summed E-state index contributed by atoms with van der Waals surface area (Å²) in [6, 6.07) is 2.56. The van der Waals surface area contributed by atoms with Crippen LogP contribution in [0.1, 0.15) is 31.3 Å². The van der Waals surface area contributed by atoms with Crippen molar-refractivity contribution < 1.29 is 9.59 Å². The molecule has 0 saturated carbocycles. The number of carbonyl (C=O) groups excluding carboxylic acids is 2. The second kappa shape index (κ2) is 6.12. The first-order valence-electron chi connectivity index (χ1n) is 5.93. The predicted molar refractivity (Wildman–Crippen MR) is 69.7 cm³/mol. The third-order valence-electron chi connectivity index (χ3n) is 2.29. The first kappa shape index (κ1) is 14.9. The number of nitrogens with zero attached hydrogens (tertiary/aromatic N) is 1. The Labute approximate surface area is 110 Å². The Kier molecular flexibility index (Phi) is 4.80. The molecule has 7 heteroatoms. The summed E-state index contributed by atoms with van der Waals surface area (Å²) in [6.45, 7) is 6.06.